The third-order valence-corrected chi connectivity index (χ3v) is 5.23. The van der Waals surface area contributed by atoms with Crippen molar-refractivity contribution in [2.45, 2.75) is 37.2 Å². The zero-order valence-corrected chi connectivity index (χ0v) is 15.5. The number of nitrogens with zero attached hydrogens (tertiary/aromatic N) is 1. The lowest BCUT2D eigenvalue weighted by Crippen LogP contribution is -2.49. The minimum atomic E-state index is -3.62. The lowest BCUT2D eigenvalue weighted by Gasteiger charge is -2.30. The minimum absolute atomic E-state index is 0.0961. The first-order chi connectivity index (χ1) is 11.2. The predicted octanol–water partition coefficient (Wildman–Crippen LogP) is 3.14. The average molecular weight is 368 g/mol. The quantitative estimate of drug-likeness (QED) is 0.737. The molecule has 0 amide bonds. The molecule has 24 heavy (non-hydrogen) atoms. The molecule has 0 spiro atoms. The molecule has 130 valence electrons. The van der Waals surface area contributed by atoms with Gasteiger partial charge in [0.05, 0.1) is 0 Å². The van der Waals surface area contributed by atoms with E-state index in [0.29, 0.717) is 0 Å². The summed E-state index contributed by atoms with van der Waals surface area (Å²) in [6, 6.07) is 13.0. The van der Waals surface area contributed by atoms with Gasteiger partial charge in [-0.3, -0.25) is 0 Å². The molecule has 0 radical (unpaired) electrons. The predicted molar refractivity (Wildman–Crippen MR) is 96.5 cm³/mol. The second kappa shape index (κ2) is 7.61. The summed E-state index contributed by atoms with van der Waals surface area (Å²) in [5.74, 6) is 0. The van der Waals surface area contributed by atoms with E-state index in [-0.39, 0.29) is 22.6 Å². The Morgan fingerprint density at radius 3 is 2.42 bits per heavy atom. The van der Waals surface area contributed by atoms with Gasteiger partial charge in [-0.2, -0.15) is 0 Å². The van der Waals surface area contributed by atoms with Gasteiger partial charge < -0.3 is 5.32 Å². The van der Waals surface area contributed by atoms with E-state index in [1.54, 1.807) is 0 Å². The van der Waals surface area contributed by atoms with Crippen LogP contribution in [-0.2, 0) is 10.0 Å². The minimum Gasteiger partial charge on any atom is -0.304 e. The summed E-state index contributed by atoms with van der Waals surface area (Å²) in [6.45, 7) is 6.20. The van der Waals surface area contributed by atoms with E-state index in [1.807, 2.05) is 44.2 Å². The Hall–Kier alpha value is -1.47. The highest BCUT2D eigenvalue weighted by atomic mass is 35.5. The van der Waals surface area contributed by atoms with Crippen LogP contribution in [-0.4, -0.2) is 25.5 Å². The van der Waals surface area contributed by atoms with Gasteiger partial charge in [0.2, 0.25) is 10.0 Å². The van der Waals surface area contributed by atoms with Crippen molar-refractivity contribution < 1.29 is 8.42 Å². The van der Waals surface area contributed by atoms with E-state index in [2.05, 4.69) is 21.9 Å². The van der Waals surface area contributed by atoms with Gasteiger partial charge in [0.15, 0.2) is 0 Å². The fraction of sp³-hybridized carbons (Fsp3) is 0.353. The summed E-state index contributed by atoms with van der Waals surface area (Å²) >= 11 is 5.69. The van der Waals surface area contributed by atoms with E-state index < -0.39 is 15.6 Å². The molecular weight excluding hydrogens is 346 g/mol. The highest BCUT2D eigenvalue weighted by Crippen LogP contribution is 2.17. The van der Waals surface area contributed by atoms with Crippen LogP contribution in [0.1, 0.15) is 32.4 Å². The van der Waals surface area contributed by atoms with Crippen LogP contribution < -0.4 is 10.0 Å². The number of pyridine rings is 1. The van der Waals surface area contributed by atoms with Gasteiger partial charge in [-0.1, -0.05) is 41.9 Å². The zero-order valence-electron chi connectivity index (χ0n) is 14.0. The normalized spacial score (nSPS) is 13.7. The van der Waals surface area contributed by atoms with Crippen LogP contribution in [0.4, 0.5) is 0 Å². The second-order valence-corrected chi connectivity index (χ2v) is 8.46. The Balaban J connectivity index is 2.00. The van der Waals surface area contributed by atoms with Crippen molar-refractivity contribution in [3.05, 3.63) is 59.4 Å². The summed E-state index contributed by atoms with van der Waals surface area (Å²) in [4.78, 5) is 3.90. The smallest absolute Gasteiger partial charge is 0.242 e. The van der Waals surface area contributed by atoms with Gasteiger partial charge in [0, 0.05) is 24.3 Å². The summed E-state index contributed by atoms with van der Waals surface area (Å²) < 4.78 is 27.3. The maximum Gasteiger partial charge on any atom is 0.242 e. The fourth-order valence-corrected chi connectivity index (χ4v) is 3.61. The number of sulfonamides is 1. The van der Waals surface area contributed by atoms with E-state index in [1.165, 1.54) is 18.3 Å². The van der Waals surface area contributed by atoms with Crippen LogP contribution in [0.5, 0.6) is 0 Å². The number of nitrogens with one attached hydrogen (secondary N) is 2. The van der Waals surface area contributed by atoms with Gasteiger partial charge >= 0.3 is 0 Å². The first kappa shape index (κ1) is 18.9. The van der Waals surface area contributed by atoms with Gasteiger partial charge in [0.25, 0.3) is 0 Å². The molecule has 0 bridgehead atoms. The fourth-order valence-electron chi connectivity index (χ4n) is 2.34. The van der Waals surface area contributed by atoms with E-state index in [0.717, 1.165) is 5.56 Å². The molecular formula is C17H22ClN3O2S. The highest BCUT2D eigenvalue weighted by molar-refractivity contribution is 7.89. The van der Waals surface area contributed by atoms with Crippen LogP contribution in [0.15, 0.2) is 53.6 Å². The highest BCUT2D eigenvalue weighted by Gasteiger charge is 2.24. The number of hydrogen-bond donors (Lipinski definition) is 2. The number of aromatic nitrogens is 1. The molecule has 2 rings (SSSR count). The summed E-state index contributed by atoms with van der Waals surface area (Å²) in [5.41, 5.74) is 0.720. The number of halogens is 1. The van der Waals surface area contributed by atoms with Crippen LogP contribution >= 0.6 is 11.6 Å². The maximum atomic E-state index is 12.3. The van der Waals surface area contributed by atoms with Gasteiger partial charge in [0.1, 0.15) is 10.0 Å². The Morgan fingerprint density at radius 2 is 1.83 bits per heavy atom. The monoisotopic (exact) mass is 367 g/mol. The van der Waals surface area contributed by atoms with Crippen molar-refractivity contribution in [3.63, 3.8) is 0 Å². The van der Waals surface area contributed by atoms with E-state index in [9.17, 15) is 8.42 Å². The van der Waals surface area contributed by atoms with Crippen molar-refractivity contribution in [2.24, 2.45) is 0 Å². The third-order valence-electron chi connectivity index (χ3n) is 3.62. The topological polar surface area (TPSA) is 71.1 Å². The van der Waals surface area contributed by atoms with Crippen LogP contribution in [0, 0.1) is 0 Å². The van der Waals surface area contributed by atoms with Crippen LogP contribution in [0.3, 0.4) is 0 Å². The SMILES string of the molecule is CC(NC(C)(C)CNS(=O)(=O)c1ccc(Cl)nc1)c1ccccc1. The molecule has 2 aromatic rings. The molecule has 0 aliphatic heterocycles. The number of rotatable bonds is 7. The van der Waals surface area contributed by atoms with Gasteiger partial charge in [-0.15, -0.1) is 0 Å². The number of hydrogen-bond acceptors (Lipinski definition) is 4. The first-order valence-corrected chi connectivity index (χ1v) is 9.50. The standard InChI is InChI=1S/C17H22ClN3O2S/c1-13(14-7-5-4-6-8-14)21-17(2,3)12-20-24(22,23)15-9-10-16(18)19-11-15/h4-11,13,20-21H,12H2,1-3H3. The zero-order chi connectivity index (χ0) is 17.8. The lowest BCUT2D eigenvalue weighted by atomic mass is 10.0. The summed E-state index contributed by atoms with van der Waals surface area (Å²) in [7, 11) is -3.62. The molecule has 1 aromatic heterocycles. The van der Waals surface area contributed by atoms with Crippen molar-refractivity contribution in [2.75, 3.05) is 6.54 Å². The molecule has 1 aromatic carbocycles. The third kappa shape index (κ3) is 5.27. The van der Waals surface area contributed by atoms with Crippen molar-refractivity contribution in [3.8, 4) is 0 Å². The Kier molecular flexibility index (Phi) is 5.98. The van der Waals surface area contributed by atoms with Crippen LogP contribution in [0.2, 0.25) is 5.15 Å². The molecule has 0 fully saturated rings. The molecule has 1 unspecified atom stereocenters. The molecule has 2 N–H and O–H groups in total. The first-order valence-electron chi connectivity index (χ1n) is 7.63. The van der Waals surface area contributed by atoms with Crippen molar-refractivity contribution in [1.29, 1.82) is 0 Å². The van der Waals surface area contributed by atoms with E-state index >= 15 is 0 Å². The molecule has 0 saturated heterocycles. The largest absolute Gasteiger partial charge is 0.304 e. The summed E-state index contributed by atoms with van der Waals surface area (Å²) in [6.07, 6.45) is 1.25. The Labute approximate surface area is 148 Å². The molecule has 7 heteroatoms. The van der Waals surface area contributed by atoms with E-state index in [4.69, 9.17) is 11.6 Å². The Bertz CT molecular complexity index is 762. The van der Waals surface area contributed by atoms with Gasteiger partial charge in [-0.25, -0.2) is 18.1 Å². The molecule has 5 nitrogen and oxygen atoms in total. The van der Waals surface area contributed by atoms with Gasteiger partial charge in [-0.05, 0) is 38.5 Å². The molecule has 1 atom stereocenters. The van der Waals surface area contributed by atoms with Crippen molar-refractivity contribution in [1.82, 2.24) is 15.0 Å². The summed E-state index contributed by atoms with van der Waals surface area (Å²) in [5, 5.41) is 3.70. The molecule has 0 aliphatic carbocycles. The Morgan fingerprint density at radius 1 is 1.17 bits per heavy atom. The second-order valence-electron chi connectivity index (χ2n) is 6.30. The van der Waals surface area contributed by atoms with Crippen molar-refractivity contribution >= 4 is 21.6 Å². The van der Waals surface area contributed by atoms with Crippen LogP contribution in [0.25, 0.3) is 0 Å². The lowest BCUT2D eigenvalue weighted by molar-refractivity contribution is 0.346. The maximum absolute atomic E-state index is 12.3. The number of benzene rings is 1. The average Bonchev–Trinajstić information content (AvgIpc) is 2.54. The molecule has 1 heterocycles. The molecule has 0 saturated carbocycles. The molecule has 0 aliphatic rings.